The number of hydrogen-bond donors (Lipinski definition) is 0. The monoisotopic (exact) mass is 430 g/mol. The maximum atomic E-state index is 13.5. The summed E-state index contributed by atoms with van der Waals surface area (Å²) in [5.74, 6) is 0. The highest BCUT2D eigenvalue weighted by Gasteiger charge is 2.26. The Bertz CT molecular complexity index is 1020. The molecule has 1 aromatic heterocycles. The number of nitrogens with zero attached hydrogens (tertiary/aromatic N) is 2. The number of sulfonamides is 1. The summed E-state index contributed by atoms with van der Waals surface area (Å²) in [7, 11) is -3.62. The third-order valence-electron chi connectivity index (χ3n) is 5.17. The summed E-state index contributed by atoms with van der Waals surface area (Å²) in [5, 5.41) is 1.85. The molecule has 3 aromatic rings. The molecule has 0 atom stereocenters. The summed E-state index contributed by atoms with van der Waals surface area (Å²) in [6.07, 6.45) is 1.76. The summed E-state index contributed by atoms with van der Waals surface area (Å²) in [5.41, 5.74) is 1.04. The molecule has 1 aliphatic heterocycles. The van der Waals surface area contributed by atoms with Crippen molar-refractivity contribution in [3.63, 3.8) is 0 Å². The number of benzene rings is 2. The Morgan fingerprint density at radius 1 is 1.07 bits per heavy atom. The van der Waals surface area contributed by atoms with Gasteiger partial charge in [-0.05, 0) is 48.2 Å². The summed E-state index contributed by atoms with van der Waals surface area (Å²) in [6, 6.07) is 17.3. The fraction of sp³-hybridized carbons (Fsp3) is 0.364. The lowest BCUT2D eigenvalue weighted by molar-refractivity contribution is 0.122. The first-order chi connectivity index (χ1) is 14.1. The maximum Gasteiger partial charge on any atom is 0.264 e. The molecule has 1 saturated heterocycles. The zero-order chi connectivity index (χ0) is 20.3. The molecule has 0 amide bonds. The molecule has 0 radical (unpaired) electrons. The molecule has 154 valence electrons. The van der Waals surface area contributed by atoms with Gasteiger partial charge in [-0.15, -0.1) is 11.3 Å². The van der Waals surface area contributed by atoms with Crippen LogP contribution in [0.3, 0.4) is 0 Å². The number of unbranched alkanes of at least 4 members (excludes halogenated alkanes) is 1. The largest absolute Gasteiger partial charge is 0.378 e. The molecule has 0 N–H and O–H groups in total. The van der Waals surface area contributed by atoms with Crippen molar-refractivity contribution in [2.24, 2.45) is 0 Å². The molecule has 0 aliphatic carbocycles. The lowest BCUT2D eigenvalue weighted by Gasteiger charge is -2.29. The minimum atomic E-state index is -3.62. The molecule has 7 heteroatoms. The Kier molecular flexibility index (Phi) is 6.08. The van der Waals surface area contributed by atoms with E-state index in [2.05, 4.69) is 11.8 Å². The lowest BCUT2D eigenvalue weighted by atomic mass is 10.2. The van der Waals surface area contributed by atoms with Crippen LogP contribution in [0.15, 0.2) is 59.5 Å². The Balaban J connectivity index is 1.65. The summed E-state index contributed by atoms with van der Waals surface area (Å²) >= 11 is 1.53. The molecule has 2 heterocycles. The van der Waals surface area contributed by atoms with E-state index in [1.807, 2.05) is 42.5 Å². The van der Waals surface area contributed by atoms with E-state index < -0.39 is 10.0 Å². The molecular formula is C22H26N2O3S2. The SMILES string of the molecule is CCCCN(c1cc2ccccc2s1)S(=O)(=O)c1ccc(N2CCOCC2)cc1. The van der Waals surface area contributed by atoms with Gasteiger partial charge in [0.15, 0.2) is 0 Å². The van der Waals surface area contributed by atoms with E-state index in [0.29, 0.717) is 24.7 Å². The number of thiophene rings is 1. The number of fused-ring (bicyclic) bond motifs is 1. The molecule has 4 rings (SSSR count). The van der Waals surface area contributed by atoms with Crippen LogP contribution in [0.25, 0.3) is 10.1 Å². The van der Waals surface area contributed by atoms with Gasteiger partial charge in [-0.2, -0.15) is 0 Å². The van der Waals surface area contributed by atoms with Gasteiger partial charge in [0.1, 0.15) is 5.00 Å². The fourth-order valence-corrected chi connectivity index (χ4v) is 6.31. The van der Waals surface area contributed by atoms with Gasteiger partial charge in [0.05, 0.1) is 18.1 Å². The van der Waals surface area contributed by atoms with E-state index >= 15 is 0 Å². The zero-order valence-electron chi connectivity index (χ0n) is 16.6. The summed E-state index contributed by atoms with van der Waals surface area (Å²) in [4.78, 5) is 2.56. The Morgan fingerprint density at radius 3 is 2.48 bits per heavy atom. The van der Waals surface area contributed by atoms with Crippen LogP contribution < -0.4 is 9.21 Å². The number of anilines is 2. The van der Waals surface area contributed by atoms with Crippen molar-refractivity contribution in [1.82, 2.24) is 0 Å². The van der Waals surface area contributed by atoms with Gasteiger partial charge in [-0.3, -0.25) is 4.31 Å². The van der Waals surface area contributed by atoms with Crippen molar-refractivity contribution in [2.75, 3.05) is 42.1 Å². The van der Waals surface area contributed by atoms with Crippen LogP contribution in [-0.4, -0.2) is 41.3 Å². The highest BCUT2D eigenvalue weighted by Crippen LogP contribution is 2.36. The molecular weight excluding hydrogens is 404 g/mol. The van der Waals surface area contributed by atoms with E-state index in [1.54, 1.807) is 16.4 Å². The average molecular weight is 431 g/mol. The minimum Gasteiger partial charge on any atom is -0.378 e. The minimum absolute atomic E-state index is 0.336. The fourth-order valence-electron chi connectivity index (χ4n) is 3.52. The molecule has 0 saturated carbocycles. The standard InChI is InChI=1S/C22H26N2O3S2/c1-2-3-12-24(22-17-18-6-4-5-7-21(18)28-22)29(25,26)20-10-8-19(9-11-20)23-13-15-27-16-14-23/h4-11,17H,2-3,12-16H2,1H3. The van der Waals surface area contributed by atoms with Crippen molar-refractivity contribution in [1.29, 1.82) is 0 Å². The van der Waals surface area contributed by atoms with Crippen LogP contribution in [0, 0.1) is 0 Å². The van der Waals surface area contributed by atoms with Gasteiger partial charge >= 0.3 is 0 Å². The van der Waals surface area contributed by atoms with E-state index in [1.165, 1.54) is 11.3 Å². The quantitative estimate of drug-likeness (QED) is 0.544. The number of ether oxygens (including phenoxy) is 1. The van der Waals surface area contributed by atoms with Crippen molar-refractivity contribution < 1.29 is 13.2 Å². The molecule has 0 spiro atoms. The second-order valence-corrected chi connectivity index (χ2v) is 10.1. The van der Waals surface area contributed by atoms with Crippen molar-refractivity contribution in [3.8, 4) is 0 Å². The lowest BCUT2D eigenvalue weighted by Crippen LogP contribution is -2.36. The Morgan fingerprint density at radius 2 is 1.79 bits per heavy atom. The second-order valence-electron chi connectivity index (χ2n) is 7.15. The molecule has 5 nitrogen and oxygen atoms in total. The van der Waals surface area contributed by atoms with Crippen molar-refractivity contribution in [3.05, 3.63) is 54.6 Å². The predicted molar refractivity (Wildman–Crippen MR) is 121 cm³/mol. The third kappa shape index (κ3) is 4.27. The molecule has 0 unspecified atom stereocenters. The van der Waals surface area contributed by atoms with Gasteiger partial charge < -0.3 is 9.64 Å². The highest BCUT2D eigenvalue weighted by molar-refractivity contribution is 7.93. The molecule has 0 bridgehead atoms. The van der Waals surface area contributed by atoms with Gasteiger partial charge in [0, 0.05) is 30.0 Å². The number of morpholine rings is 1. The highest BCUT2D eigenvalue weighted by atomic mass is 32.2. The van der Waals surface area contributed by atoms with Crippen molar-refractivity contribution in [2.45, 2.75) is 24.7 Å². The first-order valence-corrected chi connectivity index (χ1v) is 12.3. The predicted octanol–water partition coefficient (Wildman–Crippen LogP) is 4.73. The number of hydrogen-bond acceptors (Lipinski definition) is 5. The molecule has 1 aliphatic rings. The second kappa shape index (κ2) is 8.73. The maximum absolute atomic E-state index is 13.5. The topological polar surface area (TPSA) is 49.9 Å². The molecule has 29 heavy (non-hydrogen) atoms. The Hall–Kier alpha value is -2.09. The smallest absolute Gasteiger partial charge is 0.264 e. The van der Waals surface area contributed by atoms with E-state index in [0.717, 1.165) is 46.7 Å². The van der Waals surface area contributed by atoms with Crippen LogP contribution in [0.4, 0.5) is 10.7 Å². The van der Waals surface area contributed by atoms with Crippen LogP contribution >= 0.6 is 11.3 Å². The van der Waals surface area contributed by atoms with Crippen LogP contribution in [-0.2, 0) is 14.8 Å². The van der Waals surface area contributed by atoms with Crippen LogP contribution in [0.2, 0.25) is 0 Å². The normalized spacial score (nSPS) is 15.0. The van der Waals surface area contributed by atoms with Crippen LogP contribution in [0.1, 0.15) is 19.8 Å². The number of rotatable bonds is 7. The van der Waals surface area contributed by atoms with E-state index in [9.17, 15) is 8.42 Å². The van der Waals surface area contributed by atoms with Gasteiger partial charge in [-0.1, -0.05) is 31.5 Å². The average Bonchev–Trinajstić information content (AvgIpc) is 3.18. The summed E-state index contributed by atoms with van der Waals surface area (Å²) in [6.45, 7) is 5.63. The molecule has 1 fully saturated rings. The molecule has 2 aromatic carbocycles. The Labute approximate surface area is 176 Å². The van der Waals surface area contributed by atoms with E-state index in [4.69, 9.17) is 4.74 Å². The first kappa shape index (κ1) is 20.2. The van der Waals surface area contributed by atoms with Gasteiger partial charge in [0.25, 0.3) is 10.0 Å². The van der Waals surface area contributed by atoms with Gasteiger partial charge in [0.2, 0.25) is 0 Å². The van der Waals surface area contributed by atoms with Crippen LogP contribution in [0.5, 0.6) is 0 Å². The third-order valence-corrected chi connectivity index (χ3v) is 8.26. The van der Waals surface area contributed by atoms with Crippen molar-refractivity contribution >= 4 is 42.1 Å². The first-order valence-electron chi connectivity index (χ1n) is 10.0. The summed E-state index contributed by atoms with van der Waals surface area (Å²) < 4.78 is 35.1. The zero-order valence-corrected chi connectivity index (χ0v) is 18.2. The van der Waals surface area contributed by atoms with E-state index in [-0.39, 0.29) is 0 Å². The van der Waals surface area contributed by atoms with Gasteiger partial charge in [-0.25, -0.2) is 8.42 Å².